The summed E-state index contributed by atoms with van der Waals surface area (Å²) in [6, 6.07) is 13.4. The third-order valence-corrected chi connectivity index (χ3v) is 14.8. The number of hydrogen-bond donors (Lipinski definition) is 8. The van der Waals surface area contributed by atoms with Gasteiger partial charge >= 0.3 is 19.6 Å². The summed E-state index contributed by atoms with van der Waals surface area (Å²) in [6.45, 7) is 5.21. The summed E-state index contributed by atoms with van der Waals surface area (Å²) in [5, 5.41) is 37.2. The number of benzene rings is 3. The van der Waals surface area contributed by atoms with Gasteiger partial charge in [0.1, 0.15) is 35.4 Å². The molecule has 0 radical (unpaired) electrons. The maximum absolute atomic E-state index is 14.8. The lowest BCUT2D eigenvalue weighted by Gasteiger charge is -2.30. The largest absolute Gasteiger partial charge is 0.508 e. The van der Waals surface area contributed by atoms with Crippen molar-refractivity contribution in [2.75, 3.05) is 5.75 Å². The van der Waals surface area contributed by atoms with Crippen LogP contribution in [0.1, 0.15) is 71.3 Å². The molecule has 65 heavy (non-hydrogen) atoms. The molecule has 2 saturated heterocycles. The molecule has 0 aliphatic carbocycles. The smallest absolute Gasteiger partial charge is 0.452 e. The quantitative estimate of drug-likeness (QED) is 0.0286. The summed E-state index contributed by atoms with van der Waals surface area (Å²) in [5.41, 5.74) is 0.495. The van der Waals surface area contributed by atoms with Crippen molar-refractivity contribution in [3.8, 4) is 17.2 Å². The highest BCUT2D eigenvalue weighted by molar-refractivity contribution is 8.00. The number of nitrogens with one attached hydrogen (secondary N) is 6. The van der Waals surface area contributed by atoms with E-state index in [1.807, 2.05) is 0 Å². The molecule has 17 nitrogen and oxygen atoms in total. The van der Waals surface area contributed by atoms with E-state index in [0.29, 0.717) is 28.5 Å². The first kappa shape index (κ1) is 50.8. The lowest BCUT2D eigenvalue weighted by Crippen LogP contribution is -2.59. The minimum Gasteiger partial charge on any atom is -0.508 e. The van der Waals surface area contributed by atoms with Gasteiger partial charge in [0.25, 0.3) is 0 Å². The molecule has 5 rings (SSSR count). The van der Waals surface area contributed by atoms with Crippen LogP contribution in [0.5, 0.6) is 17.2 Å². The number of phenols is 1. The first-order chi connectivity index (χ1) is 30.9. The standard InChI is InChI=1S/C44H55Cl2N6O11PS/c1-4-7-37(64(61,62-30-18-12-27(45)13-19-30)63-31-20-14-28(46)15-21-31)51-42(58)33(23-38(55)56)47-41(57)32(22-26-10-16-29(53)17-11-26)48-43(59)39(25(2)3)50-36(54)9-6-5-8-35-40-34(24-65-35)49-44(60)52-40/h10-21,25,32-35,37,39-40,53H,4-9,22-24H2,1-3H3,(H,47,57)(H,48,59)(H,50,54)(H,51,58)(H,55,56)(H2,49,52,60)/t32-,33-,34-,35?,37?,39-,40-/m0/s1. The number of carboxylic acids is 1. The first-order valence-electron chi connectivity index (χ1n) is 21.3. The second-order valence-corrected chi connectivity index (χ2v) is 20.4. The summed E-state index contributed by atoms with van der Waals surface area (Å²) < 4.78 is 26.7. The van der Waals surface area contributed by atoms with Crippen LogP contribution in [-0.2, 0) is 35.0 Å². The molecule has 3 aromatic rings. The van der Waals surface area contributed by atoms with Crippen molar-refractivity contribution < 1.29 is 52.6 Å². The highest BCUT2D eigenvalue weighted by Crippen LogP contribution is 2.53. The molecule has 7 atom stereocenters. The number of aromatic hydroxyl groups is 1. The van der Waals surface area contributed by atoms with Crippen LogP contribution >= 0.6 is 42.6 Å². The average Bonchev–Trinajstić information content (AvgIpc) is 3.81. The van der Waals surface area contributed by atoms with Crippen LogP contribution in [-0.4, -0.2) is 92.8 Å². The molecule has 2 aliphatic rings. The van der Waals surface area contributed by atoms with E-state index < -0.39 is 67.5 Å². The van der Waals surface area contributed by atoms with E-state index in [1.165, 1.54) is 72.8 Å². The number of aliphatic carboxylic acids is 1. The van der Waals surface area contributed by atoms with E-state index in [1.54, 1.807) is 32.5 Å². The van der Waals surface area contributed by atoms with Crippen molar-refractivity contribution in [1.82, 2.24) is 31.9 Å². The summed E-state index contributed by atoms with van der Waals surface area (Å²) in [4.78, 5) is 79.3. The zero-order valence-corrected chi connectivity index (χ0v) is 39.3. The van der Waals surface area contributed by atoms with Crippen molar-refractivity contribution in [3.63, 3.8) is 0 Å². The lowest BCUT2D eigenvalue weighted by molar-refractivity contribution is -0.141. The van der Waals surface area contributed by atoms with Crippen LogP contribution in [0.4, 0.5) is 4.79 Å². The Morgan fingerprint density at radius 3 is 1.97 bits per heavy atom. The van der Waals surface area contributed by atoms with E-state index in [2.05, 4.69) is 31.9 Å². The zero-order valence-electron chi connectivity index (χ0n) is 36.1. The van der Waals surface area contributed by atoms with Crippen molar-refractivity contribution in [2.24, 2.45) is 5.92 Å². The molecule has 0 spiro atoms. The fourth-order valence-electron chi connectivity index (χ4n) is 7.33. The molecule has 2 heterocycles. The summed E-state index contributed by atoms with van der Waals surface area (Å²) >= 11 is 13.9. The van der Waals surface area contributed by atoms with Crippen LogP contribution in [0.25, 0.3) is 0 Å². The number of carboxylic acid groups (broad SMARTS) is 1. The molecule has 2 aliphatic heterocycles. The Morgan fingerprint density at radius 2 is 1.40 bits per heavy atom. The lowest BCUT2D eigenvalue weighted by atomic mass is 10.00. The molecule has 0 saturated carbocycles. The maximum atomic E-state index is 14.8. The molecular weight excluding hydrogens is 922 g/mol. The Balaban J connectivity index is 1.30. The summed E-state index contributed by atoms with van der Waals surface area (Å²) in [6.07, 6.45) is 1.52. The molecule has 3 aromatic carbocycles. The number of carbonyl (C=O) groups excluding carboxylic acids is 5. The highest BCUT2D eigenvalue weighted by Gasteiger charge is 2.43. The number of carbonyl (C=O) groups is 6. The number of phenolic OH excluding ortho intramolecular Hbond substituents is 1. The van der Waals surface area contributed by atoms with E-state index in [0.717, 1.165) is 18.6 Å². The van der Waals surface area contributed by atoms with Gasteiger partial charge < -0.3 is 51.2 Å². The molecule has 352 valence electrons. The molecule has 0 bridgehead atoms. The molecule has 2 fully saturated rings. The summed E-state index contributed by atoms with van der Waals surface area (Å²) in [7, 11) is -4.43. The molecule has 0 aromatic heterocycles. The number of hydrogen-bond acceptors (Lipinski definition) is 11. The fraction of sp³-hybridized carbons (Fsp3) is 0.455. The predicted molar refractivity (Wildman–Crippen MR) is 247 cm³/mol. The Hall–Kier alpha value is -5.16. The van der Waals surface area contributed by atoms with E-state index in [-0.39, 0.29) is 65.8 Å². The molecule has 6 amide bonds. The number of fused-ring (bicyclic) bond motifs is 1. The van der Waals surface area contributed by atoms with Crippen LogP contribution in [0, 0.1) is 5.92 Å². The molecule has 2 unspecified atom stereocenters. The topological polar surface area (TPSA) is 251 Å². The third kappa shape index (κ3) is 15.2. The number of amides is 6. The Labute approximate surface area is 391 Å². The minimum atomic E-state index is -4.43. The second kappa shape index (κ2) is 23.9. The van der Waals surface area contributed by atoms with Gasteiger partial charge in [0.15, 0.2) is 5.78 Å². The van der Waals surface area contributed by atoms with Gasteiger partial charge in [-0.3, -0.25) is 24.0 Å². The van der Waals surface area contributed by atoms with E-state index >= 15 is 0 Å². The van der Waals surface area contributed by atoms with E-state index in [4.69, 9.17) is 32.2 Å². The number of thioether (sulfide) groups is 1. The highest BCUT2D eigenvalue weighted by atomic mass is 35.5. The Morgan fingerprint density at radius 1 is 0.815 bits per heavy atom. The average molecular weight is 978 g/mol. The fourth-order valence-corrected chi connectivity index (χ4v) is 11.1. The van der Waals surface area contributed by atoms with Gasteiger partial charge in [0, 0.05) is 33.9 Å². The Kier molecular flexibility index (Phi) is 18.7. The monoisotopic (exact) mass is 976 g/mol. The van der Waals surface area contributed by atoms with Gasteiger partial charge in [0.2, 0.25) is 23.6 Å². The number of unbranched alkanes of at least 4 members (excludes halogenated alkanes) is 1. The number of halogens is 2. The van der Waals surface area contributed by atoms with Crippen molar-refractivity contribution in [3.05, 3.63) is 88.4 Å². The van der Waals surface area contributed by atoms with Crippen LogP contribution in [0.2, 0.25) is 10.0 Å². The van der Waals surface area contributed by atoms with Gasteiger partial charge in [0.05, 0.1) is 18.5 Å². The number of urea groups is 1. The van der Waals surface area contributed by atoms with Gasteiger partial charge in [-0.2, -0.15) is 11.8 Å². The van der Waals surface area contributed by atoms with Crippen molar-refractivity contribution >= 4 is 78.2 Å². The van der Waals surface area contributed by atoms with Crippen molar-refractivity contribution in [2.45, 2.75) is 113 Å². The third-order valence-electron chi connectivity index (χ3n) is 10.7. The van der Waals surface area contributed by atoms with Gasteiger partial charge in [-0.15, -0.1) is 0 Å². The van der Waals surface area contributed by atoms with Gasteiger partial charge in [-0.25, -0.2) is 9.36 Å². The Bertz CT molecular complexity index is 2140. The van der Waals surface area contributed by atoms with Crippen molar-refractivity contribution in [1.29, 1.82) is 0 Å². The normalized spacial score (nSPS) is 18.5. The van der Waals surface area contributed by atoms with Crippen LogP contribution < -0.4 is 40.9 Å². The van der Waals surface area contributed by atoms with Crippen LogP contribution in [0.3, 0.4) is 0 Å². The molecule has 8 N–H and O–H groups in total. The predicted octanol–water partition coefficient (Wildman–Crippen LogP) is 6.15. The zero-order chi connectivity index (χ0) is 47.3. The minimum absolute atomic E-state index is 0.0254. The number of rotatable bonds is 24. The SMILES string of the molecule is CCCC(NC(=O)[C@H](CC(=O)O)NC(=O)[C@H](Cc1ccc(O)cc1)NC(=O)[C@@H](NC(=O)CCCCC1SC[C@@H]2NC(=O)N[C@H]12)C(C)C)P(=O)(Oc1ccc(Cl)cc1)Oc1ccc(Cl)cc1. The van der Waals surface area contributed by atoms with Gasteiger partial charge in [-0.1, -0.05) is 68.9 Å². The molecule has 21 heteroatoms. The maximum Gasteiger partial charge on any atom is 0.452 e. The second-order valence-electron chi connectivity index (χ2n) is 16.2. The van der Waals surface area contributed by atoms with E-state index in [9.17, 15) is 43.5 Å². The van der Waals surface area contributed by atoms with Crippen LogP contribution in [0.15, 0.2) is 72.8 Å². The van der Waals surface area contributed by atoms with Gasteiger partial charge in [-0.05, 0) is 91.4 Å². The first-order valence-corrected chi connectivity index (χ1v) is 24.7. The molecular formula is C44H55Cl2N6O11PS. The summed E-state index contributed by atoms with van der Waals surface area (Å²) in [5.74, 6) is -5.33.